The Morgan fingerprint density at radius 1 is 1.33 bits per heavy atom. The average molecular weight is 244 g/mol. The van der Waals surface area contributed by atoms with E-state index >= 15 is 0 Å². The lowest BCUT2D eigenvalue weighted by molar-refractivity contribution is 0.0378. The number of rotatable bonds is 2. The average Bonchev–Trinajstić information content (AvgIpc) is 2.27. The quantitative estimate of drug-likeness (QED) is 0.825. The predicted molar refractivity (Wildman–Crippen MR) is 71.4 cm³/mol. The molecule has 0 saturated heterocycles. The van der Waals surface area contributed by atoms with Crippen molar-refractivity contribution >= 4 is 22.6 Å². The van der Waals surface area contributed by atoms with Crippen LogP contribution in [-0.2, 0) is 4.74 Å². The number of nitrogens with two attached hydrogens (primary N) is 1. The van der Waals surface area contributed by atoms with E-state index in [2.05, 4.69) is 4.98 Å². The van der Waals surface area contributed by atoms with Gasteiger partial charge < -0.3 is 10.5 Å². The van der Waals surface area contributed by atoms with E-state index < -0.39 is 0 Å². The van der Waals surface area contributed by atoms with Gasteiger partial charge in [-0.25, -0.2) is 4.79 Å². The molecule has 2 rings (SSSR count). The largest absolute Gasteiger partial charge is 0.459 e. The lowest BCUT2D eigenvalue weighted by Gasteiger charge is -2.09. The van der Waals surface area contributed by atoms with Crippen LogP contribution in [0.2, 0.25) is 0 Å². The first-order chi connectivity index (χ1) is 8.47. The molecule has 0 spiro atoms. The van der Waals surface area contributed by atoms with Crippen LogP contribution in [0, 0.1) is 6.92 Å². The van der Waals surface area contributed by atoms with Crippen molar-refractivity contribution in [2.24, 2.45) is 0 Å². The van der Waals surface area contributed by atoms with Crippen molar-refractivity contribution in [2.75, 3.05) is 5.73 Å². The number of carbonyl (C=O) groups excluding carboxylic acids is 1. The summed E-state index contributed by atoms with van der Waals surface area (Å²) in [5.41, 5.74) is 8.70. The fourth-order valence-electron chi connectivity index (χ4n) is 1.80. The summed E-state index contributed by atoms with van der Waals surface area (Å²) in [4.78, 5) is 16.2. The van der Waals surface area contributed by atoms with Gasteiger partial charge in [-0.05, 0) is 45.0 Å². The van der Waals surface area contributed by atoms with Gasteiger partial charge in [0.25, 0.3) is 0 Å². The van der Waals surface area contributed by atoms with Crippen LogP contribution in [0.4, 0.5) is 5.69 Å². The zero-order valence-corrected chi connectivity index (χ0v) is 10.7. The number of pyridine rings is 1. The van der Waals surface area contributed by atoms with E-state index in [9.17, 15) is 4.79 Å². The van der Waals surface area contributed by atoms with Crippen molar-refractivity contribution in [3.8, 4) is 0 Å². The third-order valence-corrected chi connectivity index (χ3v) is 2.55. The molecule has 94 valence electrons. The van der Waals surface area contributed by atoms with E-state index in [1.807, 2.05) is 20.8 Å². The van der Waals surface area contributed by atoms with Crippen LogP contribution in [0.15, 0.2) is 24.3 Å². The van der Waals surface area contributed by atoms with Gasteiger partial charge in [0.1, 0.15) is 0 Å². The van der Waals surface area contributed by atoms with Crippen molar-refractivity contribution in [3.63, 3.8) is 0 Å². The lowest BCUT2D eigenvalue weighted by atomic mass is 10.1. The summed E-state index contributed by atoms with van der Waals surface area (Å²) in [6.07, 6.45) is -0.137. The minimum absolute atomic E-state index is 0.137. The second-order valence-corrected chi connectivity index (χ2v) is 4.54. The number of aromatic nitrogens is 1. The van der Waals surface area contributed by atoms with Gasteiger partial charge in [-0.2, -0.15) is 0 Å². The third-order valence-electron chi connectivity index (χ3n) is 2.55. The molecule has 0 aliphatic carbocycles. The molecule has 0 atom stereocenters. The van der Waals surface area contributed by atoms with Gasteiger partial charge in [-0.1, -0.05) is 0 Å². The molecule has 0 fully saturated rings. The topological polar surface area (TPSA) is 65.2 Å². The molecule has 0 unspecified atom stereocenters. The van der Waals surface area contributed by atoms with Crippen molar-refractivity contribution in [3.05, 3.63) is 35.5 Å². The van der Waals surface area contributed by atoms with Crippen LogP contribution in [0.1, 0.15) is 29.9 Å². The predicted octanol–water partition coefficient (Wildman–Crippen LogP) is 2.69. The number of fused-ring (bicyclic) bond motifs is 1. The molecule has 0 amide bonds. The zero-order valence-electron chi connectivity index (χ0n) is 10.7. The van der Waals surface area contributed by atoms with Crippen molar-refractivity contribution in [2.45, 2.75) is 26.9 Å². The SMILES string of the molecule is Cc1cc(N)c2cc(C(=O)OC(C)C)ccc2n1. The number of aryl methyl sites for hydroxylation is 1. The number of hydrogen-bond acceptors (Lipinski definition) is 4. The highest BCUT2D eigenvalue weighted by Gasteiger charge is 2.11. The second-order valence-electron chi connectivity index (χ2n) is 4.54. The fraction of sp³-hybridized carbons (Fsp3) is 0.286. The highest BCUT2D eigenvalue weighted by atomic mass is 16.5. The Morgan fingerprint density at radius 2 is 2.06 bits per heavy atom. The summed E-state index contributed by atoms with van der Waals surface area (Å²) in [6.45, 7) is 5.52. The minimum atomic E-state index is -0.341. The summed E-state index contributed by atoms with van der Waals surface area (Å²) in [7, 11) is 0. The number of anilines is 1. The van der Waals surface area contributed by atoms with Crippen LogP contribution >= 0.6 is 0 Å². The minimum Gasteiger partial charge on any atom is -0.459 e. The Morgan fingerprint density at radius 3 is 2.72 bits per heavy atom. The first kappa shape index (κ1) is 12.4. The Kier molecular flexibility index (Phi) is 3.19. The molecule has 1 heterocycles. The summed E-state index contributed by atoms with van der Waals surface area (Å²) in [6, 6.07) is 7.01. The Bertz CT molecular complexity index is 606. The van der Waals surface area contributed by atoms with E-state index in [-0.39, 0.29) is 12.1 Å². The highest BCUT2D eigenvalue weighted by molar-refractivity contribution is 5.98. The van der Waals surface area contributed by atoms with Crippen LogP contribution < -0.4 is 5.73 Å². The van der Waals surface area contributed by atoms with Crippen molar-refractivity contribution in [1.82, 2.24) is 4.98 Å². The highest BCUT2D eigenvalue weighted by Crippen LogP contribution is 2.22. The Hall–Kier alpha value is -2.10. The number of nitrogens with zero attached hydrogens (tertiary/aromatic N) is 1. The molecule has 0 bridgehead atoms. The number of carbonyl (C=O) groups is 1. The molecule has 4 nitrogen and oxygen atoms in total. The van der Waals surface area contributed by atoms with Gasteiger partial charge in [0.2, 0.25) is 0 Å². The van der Waals surface area contributed by atoms with Crippen LogP contribution in [0.25, 0.3) is 10.9 Å². The van der Waals surface area contributed by atoms with Gasteiger partial charge in [0.05, 0.1) is 17.2 Å². The first-order valence-electron chi connectivity index (χ1n) is 5.85. The third kappa shape index (κ3) is 2.42. The molecule has 18 heavy (non-hydrogen) atoms. The fourth-order valence-corrected chi connectivity index (χ4v) is 1.80. The number of ether oxygens (including phenoxy) is 1. The van der Waals surface area contributed by atoms with E-state index in [1.165, 1.54) is 0 Å². The van der Waals surface area contributed by atoms with Crippen molar-refractivity contribution < 1.29 is 9.53 Å². The van der Waals surface area contributed by atoms with E-state index in [1.54, 1.807) is 24.3 Å². The van der Waals surface area contributed by atoms with Gasteiger partial charge in [0.15, 0.2) is 0 Å². The smallest absolute Gasteiger partial charge is 0.338 e. The molecule has 1 aromatic carbocycles. The summed E-state index contributed by atoms with van der Waals surface area (Å²) >= 11 is 0. The Labute approximate surface area is 106 Å². The van der Waals surface area contributed by atoms with E-state index in [0.717, 1.165) is 16.6 Å². The molecule has 2 aromatic rings. The number of benzene rings is 1. The zero-order chi connectivity index (χ0) is 13.3. The number of hydrogen-bond donors (Lipinski definition) is 1. The van der Waals surface area contributed by atoms with Gasteiger partial charge in [-0.15, -0.1) is 0 Å². The maximum atomic E-state index is 11.8. The second kappa shape index (κ2) is 4.64. The summed E-state index contributed by atoms with van der Waals surface area (Å²) in [5.74, 6) is -0.341. The standard InChI is InChI=1S/C14H16N2O2/c1-8(2)18-14(17)10-4-5-13-11(7-10)12(15)6-9(3)16-13/h4-8H,1-3H3,(H2,15,16). The maximum Gasteiger partial charge on any atom is 0.338 e. The van der Waals surface area contributed by atoms with Crippen LogP contribution in [0.5, 0.6) is 0 Å². The van der Waals surface area contributed by atoms with Crippen LogP contribution in [0.3, 0.4) is 0 Å². The summed E-state index contributed by atoms with van der Waals surface area (Å²) < 4.78 is 5.15. The molecule has 0 aliphatic rings. The van der Waals surface area contributed by atoms with Crippen LogP contribution in [-0.4, -0.2) is 17.1 Å². The van der Waals surface area contributed by atoms with E-state index in [0.29, 0.717) is 11.3 Å². The first-order valence-corrected chi connectivity index (χ1v) is 5.85. The molecule has 0 saturated carbocycles. The monoisotopic (exact) mass is 244 g/mol. The normalized spacial score (nSPS) is 10.9. The maximum absolute atomic E-state index is 11.8. The van der Waals surface area contributed by atoms with Gasteiger partial charge in [-0.3, -0.25) is 4.98 Å². The molecular weight excluding hydrogens is 228 g/mol. The Balaban J connectivity index is 2.47. The molecule has 4 heteroatoms. The number of nitrogen functional groups attached to an aromatic ring is 1. The molecule has 0 radical (unpaired) electrons. The molecule has 0 aliphatic heterocycles. The molecule has 1 aromatic heterocycles. The molecule has 2 N–H and O–H groups in total. The molecular formula is C14H16N2O2. The van der Waals surface area contributed by atoms with Gasteiger partial charge in [0, 0.05) is 16.8 Å². The van der Waals surface area contributed by atoms with Gasteiger partial charge >= 0.3 is 5.97 Å². The van der Waals surface area contributed by atoms with Crippen molar-refractivity contribution in [1.29, 1.82) is 0 Å². The number of esters is 1. The summed E-state index contributed by atoms with van der Waals surface area (Å²) in [5, 5.41) is 0.777. The lowest BCUT2D eigenvalue weighted by Crippen LogP contribution is -2.11. The van der Waals surface area contributed by atoms with E-state index in [4.69, 9.17) is 10.5 Å².